The zero-order valence-electron chi connectivity index (χ0n) is 5.90. The predicted octanol–water partition coefficient (Wildman–Crippen LogP) is 1.26. The molecule has 0 spiro atoms. The quantitative estimate of drug-likeness (QED) is 0.607. The molecule has 11 heavy (non-hydrogen) atoms. The fourth-order valence-corrected chi connectivity index (χ4v) is 1.04. The highest BCUT2D eigenvalue weighted by Crippen LogP contribution is 2.09. The Labute approximate surface area is 64.2 Å². The van der Waals surface area contributed by atoms with Crippen molar-refractivity contribution < 1.29 is 4.84 Å². The van der Waals surface area contributed by atoms with Crippen molar-refractivity contribution in [1.82, 2.24) is 9.71 Å². The van der Waals surface area contributed by atoms with E-state index in [1.54, 1.807) is 6.33 Å². The number of fused-ring (bicyclic) bond motifs is 1. The van der Waals surface area contributed by atoms with E-state index in [2.05, 4.69) is 12.1 Å². The fourth-order valence-electron chi connectivity index (χ4n) is 1.04. The van der Waals surface area contributed by atoms with E-state index in [1.165, 1.54) is 4.73 Å². The van der Waals surface area contributed by atoms with E-state index < -0.39 is 0 Å². The molecule has 55 valence electrons. The molecule has 3 nitrogen and oxygen atoms in total. The minimum atomic E-state index is 0.913. The summed E-state index contributed by atoms with van der Waals surface area (Å²) in [5.74, 6) is 0. The van der Waals surface area contributed by atoms with Crippen LogP contribution in [0.3, 0.4) is 0 Å². The molecule has 0 bridgehead atoms. The van der Waals surface area contributed by atoms with Crippen LogP contribution in [0.4, 0.5) is 0 Å². The largest absolute Gasteiger partial charge is 0.409 e. The van der Waals surface area contributed by atoms with E-state index in [9.17, 15) is 0 Å². The number of rotatable bonds is 1. The first-order valence-electron chi connectivity index (χ1n) is 3.26. The zero-order valence-corrected chi connectivity index (χ0v) is 5.90. The molecular formula is C8H7N2O. The van der Waals surface area contributed by atoms with Crippen molar-refractivity contribution in [1.29, 1.82) is 0 Å². The molecular weight excluding hydrogens is 140 g/mol. The molecule has 2 aromatic rings. The van der Waals surface area contributed by atoms with Gasteiger partial charge in [-0.1, -0.05) is 12.1 Å². The summed E-state index contributed by atoms with van der Waals surface area (Å²) in [6.07, 6.45) is 1.59. The predicted molar refractivity (Wildman–Crippen MR) is 41.7 cm³/mol. The van der Waals surface area contributed by atoms with Gasteiger partial charge >= 0.3 is 0 Å². The molecule has 3 heteroatoms. The summed E-state index contributed by atoms with van der Waals surface area (Å²) in [5.41, 5.74) is 1.85. The Kier molecular flexibility index (Phi) is 1.28. The van der Waals surface area contributed by atoms with Crippen LogP contribution in [0.25, 0.3) is 11.0 Å². The van der Waals surface area contributed by atoms with Gasteiger partial charge in [0.15, 0.2) is 7.11 Å². The average molecular weight is 147 g/mol. The zero-order chi connectivity index (χ0) is 7.68. The van der Waals surface area contributed by atoms with Gasteiger partial charge in [-0.3, -0.25) is 0 Å². The van der Waals surface area contributed by atoms with Crippen LogP contribution in [0.2, 0.25) is 0 Å². The second kappa shape index (κ2) is 2.27. The molecule has 1 heterocycles. The number of hydrogen-bond donors (Lipinski definition) is 0. The van der Waals surface area contributed by atoms with Crippen LogP contribution in [0.15, 0.2) is 30.6 Å². The summed E-state index contributed by atoms with van der Waals surface area (Å²) in [6, 6.07) is 7.71. The molecule has 0 unspecified atom stereocenters. The summed E-state index contributed by atoms with van der Waals surface area (Å²) in [7, 11) is 3.30. The van der Waals surface area contributed by atoms with Crippen LogP contribution in [-0.4, -0.2) is 9.71 Å². The maximum atomic E-state index is 4.77. The van der Waals surface area contributed by atoms with Gasteiger partial charge in [0.1, 0.15) is 11.8 Å². The lowest BCUT2D eigenvalue weighted by atomic mass is 10.3. The molecule has 0 fully saturated rings. The first-order chi connectivity index (χ1) is 5.42. The maximum absolute atomic E-state index is 4.77. The van der Waals surface area contributed by atoms with Gasteiger partial charge in [0.2, 0.25) is 0 Å². The van der Waals surface area contributed by atoms with Gasteiger partial charge in [0, 0.05) is 0 Å². The summed E-state index contributed by atoms with van der Waals surface area (Å²) < 4.78 is 1.52. The standard InChI is InChI=1S/C8H7N2O/c1-11-10-6-9-7-4-2-3-5-8(7)10/h2-6H,1H2. The van der Waals surface area contributed by atoms with E-state index in [-0.39, 0.29) is 0 Å². The molecule has 0 N–H and O–H groups in total. The molecule has 0 atom stereocenters. The smallest absolute Gasteiger partial charge is 0.151 e. The summed E-state index contributed by atoms with van der Waals surface area (Å²) in [5, 5.41) is 0. The molecule has 0 aliphatic carbocycles. The molecule has 2 rings (SSSR count). The molecule has 1 radical (unpaired) electrons. The van der Waals surface area contributed by atoms with Crippen LogP contribution < -0.4 is 4.84 Å². The topological polar surface area (TPSA) is 27.1 Å². The second-order valence-corrected chi connectivity index (χ2v) is 2.19. The number of hydrogen-bond acceptors (Lipinski definition) is 2. The van der Waals surface area contributed by atoms with Crippen LogP contribution >= 0.6 is 0 Å². The number of para-hydroxylation sites is 2. The molecule has 1 aromatic carbocycles. The van der Waals surface area contributed by atoms with Gasteiger partial charge in [0.25, 0.3) is 0 Å². The minimum absolute atomic E-state index is 0.913. The Morgan fingerprint density at radius 1 is 1.36 bits per heavy atom. The van der Waals surface area contributed by atoms with Gasteiger partial charge in [0.05, 0.1) is 5.52 Å². The maximum Gasteiger partial charge on any atom is 0.151 e. The van der Waals surface area contributed by atoms with Crippen molar-refractivity contribution in [2.75, 3.05) is 0 Å². The highest BCUT2D eigenvalue weighted by molar-refractivity contribution is 5.74. The van der Waals surface area contributed by atoms with Crippen molar-refractivity contribution in [3.8, 4) is 0 Å². The molecule has 0 amide bonds. The lowest BCUT2D eigenvalue weighted by molar-refractivity contribution is 0.217. The number of nitrogens with zero attached hydrogens (tertiary/aromatic N) is 2. The Balaban J connectivity index is 2.76. The monoisotopic (exact) mass is 147 g/mol. The van der Waals surface area contributed by atoms with Gasteiger partial charge in [-0.15, -0.1) is 0 Å². The molecule has 0 saturated carbocycles. The third-order valence-corrected chi connectivity index (χ3v) is 1.56. The highest BCUT2D eigenvalue weighted by atomic mass is 16.6. The van der Waals surface area contributed by atoms with Gasteiger partial charge in [-0.2, -0.15) is 4.73 Å². The first kappa shape index (κ1) is 6.22. The molecule has 1 aromatic heterocycles. The minimum Gasteiger partial charge on any atom is -0.409 e. The Morgan fingerprint density at radius 2 is 2.18 bits per heavy atom. The first-order valence-corrected chi connectivity index (χ1v) is 3.26. The summed E-state index contributed by atoms with van der Waals surface area (Å²) in [4.78, 5) is 8.86. The van der Waals surface area contributed by atoms with Crippen molar-refractivity contribution >= 4 is 11.0 Å². The SMILES string of the molecule is [CH2]On1cnc2ccccc21. The Morgan fingerprint density at radius 3 is 3.00 bits per heavy atom. The van der Waals surface area contributed by atoms with Crippen LogP contribution in [0, 0.1) is 7.11 Å². The van der Waals surface area contributed by atoms with E-state index in [4.69, 9.17) is 4.84 Å². The van der Waals surface area contributed by atoms with Crippen LogP contribution in [-0.2, 0) is 0 Å². The highest BCUT2D eigenvalue weighted by Gasteiger charge is 1.98. The third-order valence-electron chi connectivity index (χ3n) is 1.56. The van der Waals surface area contributed by atoms with Crippen LogP contribution in [0.1, 0.15) is 0 Å². The second-order valence-electron chi connectivity index (χ2n) is 2.19. The lowest BCUT2D eigenvalue weighted by Crippen LogP contribution is -1.99. The van der Waals surface area contributed by atoms with Crippen molar-refractivity contribution in [2.24, 2.45) is 0 Å². The number of aromatic nitrogens is 2. The van der Waals surface area contributed by atoms with Crippen LogP contribution in [0.5, 0.6) is 0 Å². The average Bonchev–Trinajstić information content (AvgIpc) is 2.47. The van der Waals surface area contributed by atoms with E-state index >= 15 is 0 Å². The lowest BCUT2D eigenvalue weighted by Gasteiger charge is -1.97. The van der Waals surface area contributed by atoms with E-state index in [1.807, 2.05) is 24.3 Å². The van der Waals surface area contributed by atoms with Crippen molar-refractivity contribution in [2.45, 2.75) is 0 Å². The fraction of sp³-hybridized carbons (Fsp3) is 0. The van der Waals surface area contributed by atoms with E-state index in [0.29, 0.717) is 0 Å². The Bertz CT molecular complexity index is 367. The van der Waals surface area contributed by atoms with Crippen molar-refractivity contribution in [3.63, 3.8) is 0 Å². The third kappa shape index (κ3) is 0.852. The summed E-state index contributed by atoms with van der Waals surface area (Å²) >= 11 is 0. The Hall–Kier alpha value is -1.51. The van der Waals surface area contributed by atoms with Crippen molar-refractivity contribution in [3.05, 3.63) is 37.7 Å². The number of benzene rings is 1. The van der Waals surface area contributed by atoms with Gasteiger partial charge < -0.3 is 4.84 Å². The molecule has 0 aliphatic rings. The number of imidazole rings is 1. The van der Waals surface area contributed by atoms with Gasteiger partial charge in [-0.25, -0.2) is 4.98 Å². The van der Waals surface area contributed by atoms with Gasteiger partial charge in [-0.05, 0) is 12.1 Å². The normalized spacial score (nSPS) is 10.3. The molecule has 0 saturated heterocycles. The van der Waals surface area contributed by atoms with E-state index in [0.717, 1.165) is 11.0 Å². The molecule has 0 aliphatic heterocycles. The summed E-state index contributed by atoms with van der Waals surface area (Å²) in [6.45, 7) is 0.